The minimum Gasteiger partial charge on any atom is -0.462 e. The summed E-state index contributed by atoms with van der Waals surface area (Å²) in [5.41, 5.74) is 0.567. The first kappa shape index (κ1) is 15.3. The standard InChI is InChI=1S/C17H22N2O2S/c1-11-6-8-13(9-7-11)19(3)17(20)15-12(2)22-16(18-15)14-5-4-10-21-14/h4-5,10-11,13H,6-9H2,1-3H3. The van der Waals surface area contributed by atoms with Gasteiger partial charge in [-0.2, -0.15) is 0 Å². The molecule has 1 fully saturated rings. The van der Waals surface area contributed by atoms with Gasteiger partial charge < -0.3 is 9.32 Å². The van der Waals surface area contributed by atoms with E-state index in [0.717, 1.165) is 34.4 Å². The van der Waals surface area contributed by atoms with E-state index < -0.39 is 0 Å². The SMILES string of the molecule is Cc1sc(-c2ccco2)nc1C(=O)N(C)C1CCC(C)CC1. The van der Waals surface area contributed by atoms with Crippen LogP contribution in [0, 0.1) is 12.8 Å². The predicted octanol–water partition coefficient (Wildman–Crippen LogP) is 4.36. The molecule has 0 N–H and O–H groups in total. The van der Waals surface area contributed by atoms with Crippen LogP contribution in [-0.4, -0.2) is 28.9 Å². The fourth-order valence-electron chi connectivity index (χ4n) is 3.06. The highest BCUT2D eigenvalue weighted by Crippen LogP contribution is 2.31. The van der Waals surface area contributed by atoms with E-state index in [9.17, 15) is 4.79 Å². The Morgan fingerprint density at radius 2 is 2.09 bits per heavy atom. The van der Waals surface area contributed by atoms with Crippen molar-refractivity contribution in [2.45, 2.75) is 45.6 Å². The minimum atomic E-state index is 0.0334. The van der Waals surface area contributed by atoms with E-state index in [1.54, 1.807) is 6.26 Å². The molecule has 0 aromatic carbocycles. The van der Waals surface area contributed by atoms with Gasteiger partial charge >= 0.3 is 0 Å². The Morgan fingerprint density at radius 3 is 2.73 bits per heavy atom. The average molecular weight is 318 g/mol. The number of aromatic nitrogens is 1. The lowest BCUT2D eigenvalue weighted by Gasteiger charge is -2.33. The Labute approximate surface area is 135 Å². The summed E-state index contributed by atoms with van der Waals surface area (Å²) in [6.45, 7) is 4.24. The van der Waals surface area contributed by atoms with Crippen LogP contribution in [0.15, 0.2) is 22.8 Å². The van der Waals surface area contributed by atoms with Crippen molar-refractivity contribution < 1.29 is 9.21 Å². The number of carbonyl (C=O) groups excluding carboxylic acids is 1. The van der Waals surface area contributed by atoms with Gasteiger partial charge in [-0.25, -0.2) is 4.98 Å². The van der Waals surface area contributed by atoms with E-state index in [2.05, 4.69) is 11.9 Å². The maximum absolute atomic E-state index is 12.8. The summed E-state index contributed by atoms with van der Waals surface area (Å²) >= 11 is 1.51. The van der Waals surface area contributed by atoms with Crippen molar-refractivity contribution in [2.24, 2.45) is 5.92 Å². The zero-order chi connectivity index (χ0) is 15.7. The van der Waals surface area contributed by atoms with Crippen molar-refractivity contribution in [2.75, 3.05) is 7.05 Å². The second kappa shape index (κ2) is 6.24. The molecular weight excluding hydrogens is 296 g/mol. The van der Waals surface area contributed by atoms with Crippen LogP contribution in [0.5, 0.6) is 0 Å². The van der Waals surface area contributed by atoms with Gasteiger partial charge in [0.2, 0.25) is 0 Å². The second-order valence-corrected chi connectivity index (χ2v) is 7.43. The maximum atomic E-state index is 12.8. The second-order valence-electron chi connectivity index (χ2n) is 6.23. The van der Waals surface area contributed by atoms with Gasteiger partial charge in [0.05, 0.1) is 6.26 Å². The van der Waals surface area contributed by atoms with Crippen LogP contribution in [0.2, 0.25) is 0 Å². The van der Waals surface area contributed by atoms with Gasteiger partial charge in [-0.1, -0.05) is 6.92 Å². The van der Waals surface area contributed by atoms with Gasteiger partial charge in [-0.3, -0.25) is 4.79 Å². The van der Waals surface area contributed by atoms with E-state index in [-0.39, 0.29) is 5.91 Å². The number of thiazole rings is 1. The summed E-state index contributed by atoms with van der Waals surface area (Å²) in [5, 5.41) is 0.775. The molecule has 0 saturated heterocycles. The lowest BCUT2D eigenvalue weighted by atomic mass is 9.86. The number of carbonyl (C=O) groups is 1. The van der Waals surface area contributed by atoms with Gasteiger partial charge in [0.25, 0.3) is 5.91 Å². The van der Waals surface area contributed by atoms with E-state index in [4.69, 9.17) is 4.42 Å². The minimum absolute atomic E-state index is 0.0334. The van der Waals surface area contributed by atoms with Gasteiger partial charge in [-0.05, 0) is 50.7 Å². The van der Waals surface area contributed by atoms with Gasteiger partial charge in [0, 0.05) is 18.0 Å². The van der Waals surface area contributed by atoms with Crippen LogP contribution in [0.25, 0.3) is 10.8 Å². The van der Waals surface area contributed by atoms with Crippen molar-refractivity contribution in [3.05, 3.63) is 29.0 Å². The molecule has 5 heteroatoms. The van der Waals surface area contributed by atoms with Crippen molar-refractivity contribution in [1.29, 1.82) is 0 Å². The largest absolute Gasteiger partial charge is 0.462 e. The Hall–Kier alpha value is -1.62. The predicted molar refractivity (Wildman–Crippen MR) is 88.1 cm³/mol. The highest BCUT2D eigenvalue weighted by atomic mass is 32.1. The molecule has 0 bridgehead atoms. The Kier molecular flexibility index (Phi) is 4.34. The molecule has 0 atom stereocenters. The molecular formula is C17H22N2O2S. The first-order valence-corrected chi connectivity index (χ1v) is 8.66. The first-order valence-electron chi connectivity index (χ1n) is 7.84. The molecule has 22 heavy (non-hydrogen) atoms. The molecule has 0 unspecified atom stereocenters. The molecule has 0 spiro atoms. The van der Waals surface area contributed by atoms with Crippen molar-refractivity contribution >= 4 is 17.2 Å². The lowest BCUT2D eigenvalue weighted by molar-refractivity contribution is 0.0674. The molecule has 3 rings (SSSR count). The molecule has 1 amide bonds. The number of aryl methyl sites for hydroxylation is 1. The smallest absolute Gasteiger partial charge is 0.273 e. The molecule has 1 aliphatic rings. The average Bonchev–Trinajstić information content (AvgIpc) is 3.16. The first-order chi connectivity index (χ1) is 10.6. The molecule has 2 aromatic heterocycles. The summed E-state index contributed by atoms with van der Waals surface area (Å²) < 4.78 is 5.38. The molecule has 2 aromatic rings. The van der Waals surface area contributed by atoms with E-state index in [0.29, 0.717) is 11.7 Å². The number of amides is 1. The third-order valence-electron chi connectivity index (χ3n) is 4.58. The topological polar surface area (TPSA) is 46.3 Å². The normalized spacial score (nSPS) is 21.8. The lowest BCUT2D eigenvalue weighted by Crippen LogP contribution is -2.39. The molecule has 118 valence electrons. The van der Waals surface area contributed by atoms with Crippen molar-refractivity contribution in [1.82, 2.24) is 9.88 Å². The molecule has 1 saturated carbocycles. The third kappa shape index (κ3) is 2.95. The molecule has 1 aliphatic carbocycles. The van der Waals surface area contributed by atoms with Crippen LogP contribution in [-0.2, 0) is 0 Å². The van der Waals surface area contributed by atoms with Crippen LogP contribution < -0.4 is 0 Å². The zero-order valence-corrected chi connectivity index (χ0v) is 14.2. The fourth-order valence-corrected chi connectivity index (χ4v) is 3.94. The Bertz CT molecular complexity index is 640. The monoisotopic (exact) mass is 318 g/mol. The number of nitrogens with zero attached hydrogens (tertiary/aromatic N) is 2. The quantitative estimate of drug-likeness (QED) is 0.844. The number of hydrogen-bond acceptors (Lipinski definition) is 4. The van der Waals surface area contributed by atoms with E-state index in [1.807, 2.05) is 31.0 Å². The summed E-state index contributed by atoms with van der Waals surface area (Å²) in [6.07, 6.45) is 6.23. The summed E-state index contributed by atoms with van der Waals surface area (Å²) in [7, 11) is 1.91. The highest BCUT2D eigenvalue weighted by molar-refractivity contribution is 7.15. The van der Waals surface area contributed by atoms with Crippen molar-refractivity contribution in [3.63, 3.8) is 0 Å². The Balaban J connectivity index is 1.77. The van der Waals surface area contributed by atoms with Crippen molar-refractivity contribution in [3.8, 4) is 10.8 Å². The van der Waals surface area contributed by atoms with E-state index in [1.165, 1.54) is 24.2 Å². The van der Waals surface area contributed by atoms with Crippen LogP contribution in [0.1, 0.15) is 48.0 Å². The van der Waals surface area contributed by atoms with Crippen LogP contribution in [0.4, 0.5) is 0 Å². The maximum Gasteiger partial charge on any atom is 0.273 e. The fraction of sp³-hybridized carbons (Fsp3) is 0.529. The molecule has 0 radical (unpaired) electrons. The zero-order valence-electron chi connectivity index (χ0n) is 13.3. The van der Waals surface area contributed by atoms with Gasteiger partial charge in [0.15, 0.2) is 10.8 Å². The summed E-state index contributed by atoms with van der Waals surface area (Å²) in [5.74, 6) is 1.54. The summed E-state index contributed by atoms with van der Waals surface area (Å²) in [6, 6.07) is 4.05. The molecule has 4 nitrogen and oxygen atoms in total. The Morgan fingerprint density at radius 1 is 1.36 bits per heavy atom. The van der Waals surface area contributed by atoms with Gasteiger partial charge in [-0.15, -0.1) is 11.3 Å². The van der Waals surface area contributed by atoms with E-state index >= 15 is 0 Å². The summed E-state index contributed by atoms with van der Waals surface area (Å²) in [4.78, 5) is 20.1. The number of hydrogen-bond donors (Lipinski definition) is 0. The third-order valence-corrected chi connectivity index (χ3v) is 5.57. The number of furan rings is 1. The molecule has 2 heterocycles. The van der Waals surface area contributed by atoms with Gasteiger partial charge in [0.1, 0.15) is 5.69 Å². The highest BCUT2D eigenvalue weighted by Gasteiger charge is 2.28. The molecule has 0 aliphatic heterocycles. The van der Waals surface area contributed by atoms with Crippen LogP contribution >= 0.6 is 11.3 Å². The van der Waals surface area contributed by atoms with Crippen LogP contribution in [0.3, 0.4) is 0 Å². The number of rotatable bonds is 3.